The molecule has 1 atom stereocenters. The minimum Gasteiger partial charge on any atom is -0.493 e. The van der Waals surface area contributed by atoms with Gasteiger partial charge in [0.25, 0.3) is 0 Å². The lowest BCUT2D eigenvalue weighted by molar-refractivity contribution is -0.106. The minimum absolute atomic E-state index is 0.0779. The van der Waals surface area contributed by atoms with Crippen LogP contribution >= 0.6 is 0 Å². The van der Waals surface area contributed by atoms with Gasteiger partial charge in [-0.25, -0.2) is 0 Å². The van der Waals surface area contributed by atoms with Crippen LogP contribution in [0.5, 0.6) is 11.5 Å². The van der Waals surface area contributed by atoms with E-state index < -0.39 is 0 Å². The number of hydrogen-bond donors (Lipinski definition) is 0. The number of ether oxygens (including phenoxy) is 3. The monoisotopic (exact) mass is 248 g/mol. The van der Waals surface area contributed by atoms with Gasteiger partial charge in [0.05, 0.1) is 13.2 Å². The van der Waals surface area contributed by atoms with Crippen LogP contribution in [-0.4, -0.2) is 19.5 Å². The van der Waals surface area contributed by atoms with Crippen LogP contribution in [0.3, 0.4) is 0 Å². The van der Waals surface area contributed by atoms with Crippen molar-refractivity contribution in [3.63, 3.8) is 0 Å². The first-order valence-electron chi connectivity index (χ1n) is 6.88. The van der Waals surface area contributed by atoms with Gasteiger partial charge in [0.2, 0.25) is 0 Å². The second-order valence-electron chi connectivity index (χ2n) is 5.05. The molecule has 18 heavy (non-hydrogen) atoms. The summed E-state index contributed by atoms with van der Waals surface area (Å²) < 4.78 is 17.4. The summed E-state index contributed by atoms with van der Waals surface area (Å²) in [5, 5.41) is 0. The molecule has 0 spiro atoms. The van der Waals surface area contributed by atoms with Gasteiger partial charge in [-0.1, -0.05) is 6.07 Å². The van der Waals surface area contributed by atoms with Gasteiger partial charge in [0, 0.05) is 12.0 Å². The van der Waals surface area contributed by atoms with Gasteiger partial charge in [-0.3, -0.25) is 0 Å². The Morgan fingerprint density at radius 3 is 2.94 bits per heavy atom. The van der Waals surface area contributed by atoms with E-state index in [0.717, 1.165) is 50.4 Å². The van der Waals surface area contributed by atoms with Gasteiger partial charge in [-0.05, 0) is 44.2 Å². The third-order valence-corrected chi connectivity index (χ3v) is 3.63. The second-order valence-corrected chi connectivity index (χ2v) is 5.05. The van der Waals surface area contributed by atoms with Crippen molar-refractivity contribution in [2.75, 3.05) is 13.2 Å². The third kappa shape index (κ3) is 2.32. The highest BCUT2D eigenvalue weighted by Gasteiger charge is 2.22. The highest BCUT2D eigenvalue weighted by atomic mass is 16.7. The van der Waals surface area contributed by atoms with Gasteiger partial charge in [-0.2, -0.15) is 0 Å². The lowest BCUT2D eigenvalue weighted by Crippen LogP contribution is -2.26. The predicted octanol–water partition coefficient (Wildman–Crippen LogP) is 3.23. The van der Waals surface area contributed by atoms with Gasteiger partial charge in [0.15, 0.2) is 6.29 Å². The number of aryl methyl sites for hydroxylation is 1. The number of benzene rings is 1. The molecule has 1 aromatic carbocycles. The van der Waals surface area contributed by atoms with E-state index in [-0.39, 0.29) is 6.29 Å². The van der Waals surface area contributed by atoms with Gasteiger partial charge < -0.3 is 14.2 Å². The summed E-state index contributed by atoms with van der Waals surface area (Å²) in [5.41, 5.74) is 2.39. The molecule has 1 aromatic rings. The number of fused-ring (bicyclic) bond motifs is 1. The highest BCUT2D eigenvalue weighted by Crippen LogP contribution is 2.36. The average molecular weight is 248 g/mol. The van der Waals surface area contributed by atoms with E-state index in [2.05, 4.69) is 19.1 Å². The van der Waals surface area contributed by atoms with Crippen LogP contribution in [0.1, 0.15) is 36.8 Å². The fourth-order valence-electron chi connectivity index (χ4n) is 2.63. The Labute approximate surface area is 108 Å². The lowest BCUT2D eigenvalue weighted by Gasteiger charge is -2.27. The molecule has 0 saturated carbocycles. The maximum atomic E-state index is 6.08. The van der Waals surface area contributed by atoms with Crippen molar-refractivity contribution in [3.8, 4) is 11.5 Å². The molecule has 1 fully saturated rings. The molecule has 98 valence electrons. The summed E-state index contributed by atoms with van der Waals surface area (Å²) in [6.07, 6.45) is 5.36. The first kappa shape index (κ1) is 11.8. The number of hydrogen-bond acceptors (Lipinski definition) is 3. The molecule has 1 unspecified atom stereocenters. The fraction of sp³-hybridized carbons (Fsp3) is 0.600. The minimum atomic E-state index is -0.0779. The molecule has 2 aliphatic rings. The topological polar surface area (TPSA) is 27.7 Å². The van der Waals surface area contributed by atoms with Gasteiger partial charge >= 0.3 is 0 Å². The van der Waals surface area contributed by atoms with Crippen molar-refractivity contribution >= 4 is 0 Å². The maximum absolute atomic E-state index is 6.08. The van der Waals surface area contributed by atoms with Crippen LogP contribution < -0.4 is 9.47 Å². The SMILES string of the molecule is Cc1ccc2c(c1OC1CCCCO1)CCCO2. The van der Waals surface area contributed by atoms with E-state index in [1.165, 1.54) is 17.5 Å². The van der Waals surface area contributed by atoms with Crippen LogP contribution in [0, 0.1) is 6.92 Å². The van der Waals surface area contributed by atoms with Crippen LogP contribution in [0.25, 0.3) is 0 Å². The molecular weight excluding hydrogens is 228 g/mol. The van der Waals surface area contributed by atoms with Crippen LogP contribution in [0.4, 0.5) is 0 Å². The van der Waals surface area contributed by atoms with Crippen LogP contribution in [-0.2, 0) is 11.2 Å². The first-order valence-corrected chi connectivity index (χ1v) is 6.88. The molecule has 2 heterocycles. The Kier molecular flexibility index (Phi) is 3.41. The zero-order valence-corrected chi connectivity index (χ0v) is 10.9. The molecule has 3 rings (SSSR count). The van der Waals surface area contributed by atoms with Crippen molar-refractivity contribution in [2.45, 2.75) is 45.3 Å². The quantitative estimate of drug-likeness (QED) is 0.804. The molecule has 0 aromatic heterocycles. The van der Waals surface area contributed by atoms with Crippen molar-refractivity contribution < 1.29 is 14.2 Å². The number of rotatable bonds is 2. The van der Waals surface area contributed by atoms with Crippen molar-refractivity contribution in [2.24, 2.45) is 0 Å². The van der Waals surface area contributed by atoms with Crippen molar-refractivity contribution in [3.05, 3.63) is 23.3 Å². The fourth-order valence-corrected chi connectivity index (χ4v) is 2.63. The Bertz CT molecular complexity index is 422. The summed E-state index contributed by atoms with van der Waals surface area (Å²) in [7, 11) is 0. The van der Waals surface area contributed by atoms with Crippen molar-refractivity contribution in [1.82, 2.24) is 0 Å². The molecule has 1 saturated heterocycles. The summed E-state index contributed by atoms with van der Waals surface area (Å²) in [6.45, 7) is 3.72. The molecule has 0 amide bonds. The first-order chi connectivity index (χ1) is 8.84. The Balaban J connectivity index is 1.85. The van der Waals surface area contributed by atoms with Crippen LogP contribution in [0.15, 0.2) is 12.1 Å². The Morgan fingerprint density at radius 2 is 2.11 bits per heavy atom. The molecule has 0 aliphatic carbocycles. The zero-order valence-electron chi connectivity index (χ0n) is 10.9. The third-order valence-electron chi connectivity index (χ3n) is 3.63. The van der Waals surface area contributed by atoms with E-state index >= 15 is 0 Å². The smallest absolute Gasteiger partial charge is 0.199 e. The second kappa shape index (κ2) is 5.19. The Hall–Kier alpha value is -1.22. The summed E-state index contributed by atoms with van der Waals surface area (Å²) >= 11 is 0. The molecule has 3 heteroatoms. The summed E-state index contributed by atoms with van der Waals surface area (Å²) in [4.78, 5) is 0. The van der Waals surface area contributed by atoms with E-state index in [1.54, 1.807) is 0 Å². The van der Waals surface area contributed by atoms with Crippen molar-refractivity contribution in [1.29, 1.82) is 0 Å². The Morgan fingerprint density at radius 1 is 1.17 bits per heavy atom. The molecule has 2 aliphatic heterocycles. The molecule has 3 nitrogen and oxygen atoms in total. The van der Waals surface area contributed by atoms with E-state index in [1.807, 2.05) is 0 Å². The van der Waals surface area contributed by atoms with E-state index in [0.29, 0.717) is 0 Å². The largest absolute Gasteiger partial charge is 0.493 e. The van der Waals surface area contributed by atoms with Gasteiger partial charge in [0.1, 0.15) is 11.5 Å². The van der Waals surface area contributed by atoms with E-state index in [9.17, 15) is 0 Å². The molecule has 0 bridgehead atoms. The summed E-state index contributed by atoms with van der Waals surface area (Å²) in [6, 6.07) is 4.13. The van der Waals surface area contributed by atoms with E-state index in [4.69, 9.17) is 14.2 Å². The molecule has 0 N–H and O–H groups in total. The standard InChI is InChI=1S/C15H20O3/c1-11-7-8-13-12(5-4-10-16-13)15(11)18-14-6-2-3-9-17-14/h7-8,14H,2-6,9-10H2,1H3. The molecular formula is C15H20O3. The average Bonchev–Trinajstić information content (AvgIpc) is 2.43. The maximum Gasteiger partial charge on any atom is 0.199 e. The van der Waals surface area contributed by atoms with Crippen LogP contribution in [0.2, 0.25) is 0 Å². The molecule has 0 radical (unpaired) electrons. The lowest BCUT2D eigenvalue weighted by atomic mass is 10.0. The highest BCUT2D eigenvalue weighted by molar-refractivity contribution is 5.50. The van der Waals surface area contributed by atoms with Gasteiger partial charge in [-0.15, -0.1) is 0 Å². The normalized spacial score (nSPS) is 23.1. The zero-order chi connectivity index (χ0) is 12.4. The summed E-state index contributed by atoms with van der Waals surface area (Å²) in [5.74, 6) is 1.97. The predicted molar refractivity (Wildman–Crippen MR) is 69.2 cm³/mol.